The van der Waals surface area contributed by atoms with Crippen LogP contribution in [0.2, 0.25) is 0 Å². The summed E-state index contributed by atoms with van der Waals surface area (Å²) in [7, 11) is -3.52. The van der Waals surface area contributed by atoms with Gasteiger partial charge in [-0.05, 0) is 108 Å². The Hall–Kier alpha value is -4.93. The van der Waals surface area contributed by atoms with Crippen molar-refractivity contribution in [1.29, 1.82) is 0 Å². The molecular weight excluding hydrogens is 559 g/mol. The van der Waals surface area contributed by atoms with Crippen LogP contribution in [-0.2, 0) is 29.1 Å². The Morgan fingerprint density at radius 3 is 1.14 bits per heavy atom. The molecule has 6 aromatic rings. The van der Waals surface area contributed by atoms with Gasteiger partial charge in [0.25, 0.3) is 0 Å². The zero-order valence-electron chi connectivity index (χ0n) is 24.8. The molecule has 0 spiro atoms. The normalized spacial score (nSPS) is 11.3. The molecule has 0 fully saturated rings. The molecule has 3 nitrogen and oxygen atoms in total. The molecule has 0 unspecified atom stereocenters. The van der Waals surface area contributed by atoms with Crippen molar-refractivity contribution in [3.63, 3.8) is 0 Å². The molecule has 6 aromatic carbocycles. The van der Waals surface area contributed by atoms with Crippen molar-refractivity contribution in [1.82, 2.24) is 0 Å². The summed E-state index contributed by atoms with van der Waals surface area (Å²) in [5, 5.41) is 3.49. The minimum atomic E-state index is -3.52. The van der Waals surface area contributed by atoms with Crippen LogP contribution in [0, 0.1) is 6.92 Å². The summed E-state index contributed by atoms with van der Waals surface area (Å²) < 4.78 is 25.9. The third kappa shape index (κ3) is 7.34. The first-order valence-electron chi connectivity index (χ1n) is 14.9. The Balaban J connectivity index is 1.02. The van der Waals surface area contributed by atoms with Gasteiger partial charge in [0.1, 0.15) is 0 Å². The summed E-state index contributed by atoms with van der Waals surface area (Å²) in [5.74, 6) is 0. The molecule has 0 saturated carbocycles. The fraction of sp³-hybridized carbons (Fsp3) is 0.100. The van der Waals surface area contributed by atoms with E-state index in [0.29, 0.717) is 9.79 Å². The maximum Gasteiger partial charge on any atom is 0.206 e. The largest absolute Gasteiger partial charge is 0.356 e. The van der Waals surface area contributed by atoms with Crippen LogP contribution in [0.3, 0.4) is 0 Å². The topological polar surface area (TPSA) is 46.2 Å². The monoisotopic (exact) mass is 593 g/mol. The molecule has 0 aliphatic rings. The van der Waals surface area contributed by atoms with E-state index in [-0.39, 0.29) is 0 Å². The lowest BCUT2D eigenvalue weighted by molar-refractivity contribution is 0.596. The Kier molecular flexibility index (Phi) is 8.71. The zero-order valence-corrected chi connectivity index (χ0v) is 25.6. The lowest BCUT2D eigenvalue weighted by atomic mass is 10.0. The van der Waals surface area contributed by atoms with Gasteiger partial charge in [-0.25, -0.2) is 8.42 Å². The van der Waals surface area contributed by atoms with Crippen LogP contribution in [0.15, 0.2) is 161 Å². The predicted molar refractivity (Wildman–Crippen MR) is 181 cm³/mol. The first kappa shape index (κ1) is 29.2. The van der Waals surface area contributed by atoms with Crippen molar-refractivity contribution in [2.24, 2.45) is 0 Å². The Morgan fingerprint density at radius 2 is 0.727 bits per heavy atom. The average Bonchev–Trinajstić information content (AvgIpc) is 3.05. The molecule has 0 aliphatic heterocycles. The molecule has 0 radical (unpaired) electrons. The first-order chi connectivity index (χ1) is 21.4. The van der Waals surface area contributed by atoms with Gasteiger partial charge in [0.05, 0.1) is 9.79 Å². The molecule has 0 heterocycles. The van der Waals surface area contributed by atoms with E-state index >= 15 is 0 Å². The molecule has 44 heavy (non-hydrogen) atoms. The first-order valence-corrected chi connectivity index (χ1v) is 16.4. The number of anilines is 2. The van der Waals surface area contributed by atoms with Crippen molar-refractivity contribution in [3.8, 4) is 0 Å². The molecule has 0 aromatic heterocycles. The molecule has 0 aliphatic carbocycles. The number of hydrogen-bond donors (Lipinski definition) is 1. The van der Waals surface area contributed by atoms with Gasteiger partial charge in [-0.3, -0.25) is 0 Å². The van der Waals surface area contributed by atoms with Crippen LogP contribution in [0.4, 0.5) is 11.4 Å². The highest BCUT2D eigenvalue weighted by Crippen LogP contribution is 2.24. The van der Waals surface area contributed by atoms with E-state index in [1.165, 1.54) is 22.3 Å². The summed E-state index contributed by atoms with van der Waals surface area (Å²) >= 11 is 0. The number of rotatable bonds is 10. The van der Waals surface area contributed by atoms with Crippen LogP contribution < -0.4 is 5.32 Å². The van der Waals surface area contributed by atoms with Gasteiger partial charge in [0.15, 0.2) is 0 Å². The van der Waals surface area contributed by atoms with Gasteiger partial charge in [-0.1, -0.05) is 109 Å². The van der Waals surface area contributed by atoms with E-state index in [2.05, 4.69) is 108 Å². The predicted octanol–water partition coefficient (Wildman–Crippen LogP) is 9.34. The molecular formula is C40H35NO2S. The number of sulfone groups is 1. The molecule has 0 bridgehead atoms. The van der Waals surface area contributed by atoms with Gasteiger partial charge in [-0.2, -0.15) is 0 Å². The van der Waals surface area contributed by atoms with Crippen LogP contribution in [-0.4, -0.2) is 8.42 Å². The number of benzene rings is 6. The highest BCUT2D eigenvalue weighted by molar-refractivity contribution is 7.91. The van der Waals surface area contributed by atoms with Crippen LogP contribution in [0.5, 0.6) is 0 Å². The fourth-order valence-corrected chi connectivity index (χ4v) is 6.56. The maximum absolute atomic E-state index is 13.0. The van der Waals surface area contributed by atoms with Crippen molar-refractivity contribution >= 4 is 21.2 Å². The summed E-state index contributed by atoms with van der Waals surface area (Å²) in [5.41, 5.74) is 10.6. The second-order valence-electron chi connectivity index (χ2n) is 11.3. The molecule has 0 saturated heterocycles. The second kappa shape index (κ2) is 13.2. The van der Waals surface area contributed by atoms with Crippen molar-refractivity contribution < 1.29 is 8.42 Å². The smallest absolute Gasteiger partial charge is 0.206 e. The van der Waals surface area contributed by atoms with E-state index in [1.807, 2.05) is 31.2 Å². The Morgan fingerprint density at radius 1 is 0.409 bits per heavy atom. The van der Waals surface area contributed by atoms with Gasteiger partial charge in [0.2, 0.25) is 9.84 Å². The Labute approximate surface area is 260 Å². The average molecular weight is 594 g/mol. The number of nitrogens with one attached hydrogen (secondary N) is 1. The standard InChI is InChI=1S/C40H35NO2S/c1-30-7-23-39(24-8-30)44(42,43)40-25-17-36(18-26-40)29-35-15-21-38(22-16-35)41-37-19-13-34(14-20-37)28-33-11-9-32(10-12-33)27-31-5-3-2-4-6-31/h2-26,41H,27-29H2,1H3. The van der Waals surface area contributed by atoms with Crippen LogP contribution in [0.1, 0.15) is 38.9 Å². The third-order valence-electron chi connectivity index (χ3n) is 7.85. The minimum Gasteiger partial charge on any atom is -0.356 e. The van der Waals surface area contributed by atoms with E-state index in [9.17, 15) is 8.42 Å². The van der Waals surface area contributed by atoms with Gasteiger partial charge >= 0.3 is 0 Å². The van der Waals surface area contributed by atoms with Gasteiger partial charge in [-0.15, -0.1) is 0 Å². The molecule has 0 amide bonds. The highest BCUT2D eigenvalue weighted by atomic mass is 32.2. The summed E-state index contributed by atoms with van der Waals surface area (Å²) in [4.78, 5) is 0.630. The third-order valence-corrected chi connectivity index (χ3v) is 9.64. The van der Waals surface area contributed by atoms with E-state index < -0.39 is 9.84 Å². The zero-order chi connectivity index (χ0) is 30.4. The minimum absolute atomic E-state index is 0.312. The SMILES string of the molecule is Cc1ccc(S(=O)(=O)c2ccc(Cc3ccc(Nc4ccc(Cc5ccc(Cc6ccccc6)cc5)cc4)cc3)cc2)cc1. The van der Waals surface area contributed by atoms with Crippen molar-refractivity contribution in [2.45, 2.75) is 36.0 Å². The number of hydrogen-bond acceptors (Lipinski definition) is 3. The number of aryl methyl sites for hydroxylation is 1. The van der Waals surface area contributed by atoms with Crippen molar-refractivity contribution in [3.05, 3.63) is 191 Å². The molecule has 218 valence electrons. The van der Waals surface area contributed by atoms with Crippen LogP contribution >= 0.6 is 0 Å². The lowest BCUT2D eigenvalue weighted by Gasteiger charge is -2.10. The summed E-state index contributed by atoms with van der Waals surface area (Å²) in [6, 6.07) is 50.6. The molecule has 6 rings (SSSR count). The lowest BCUT2D eigenvalue weighted by Crippen LogP contribution is -2.02. The second-order valence-corrected chi connectivity index (χ2v) is 13.3. The molecule has 1 N–H and O–H groups in total. The molecule has 0 atom stereocenters. The van der Waals surface area contributed by atoms with E-state index in [1.54, 1.807) is 24.3 Å². The molecule has 4 heteroatoms. The Bertz CT molecular complexity index is 1910. The maximum atomic E-state index is 13.0. The fourth-order valence-electron chi connectivity index (χ4n) is 5.30. The van der Waals surface area contributed by atoms with Gasteiger partial charge in [0, 0.05) is 11.4 Å². The van der Waals surface area contributed by atoms with E-state index in [0.717, 1.165) is 47.3 Å². The summed E-state index contributed by atoms with van der Waals surface area (Å²) in [6.07, 6.45) is 2.59. The van der Waals surface area contributed by atoms with Crippen molar-refractivity contribution in [2.75, 3.05) is 5.32 Å². The highest BCUT2D eigenvalue weighted by Gasteiger charge is 2.17. The van der Waals surface area contributed by atoms with Crippen LogP contribution in [0.25, 0.3) is 0 Å². The van der Waals surface area contributed by atoms with E-state index in [4.69, 9.17) is 0 Å². The summed E-state index contributed by atoms with van der Waals surface area (Å²) in [6.45, 7) is 1.94. The quantitative estimate of drug-likeness (QED) is 0.172. The van der Waals surface area contributed by atoms with Gasteiger partial charge < -0.3 is 5.32 Å².